The van der Waals surface area contributed by atoms with Gasteiger partial charge in [-0.2, -0.15) is 0 Å². The normalized spacial score (nSPS) is 11.4. The monoisotopic (exact) mass is 422 g/mol. The molecule has 0 aliphatic carbocycles. The lowest BCUT2D eigenvalue weighted by Gasteiger charge is -2.25. The third-order valence-corrected chi connectivity index (χ3v) is 4.93. The Kier molecular flexibility index (Phi) is 7.84. The topological polar surface area (TPSA) is 75.7 Å². The Morgan fingerprint density at radius 2 is 1.75 bits per heavy atom. The van der Waals surface area contributed by atoms with E-state index >= 15 is 0 Å². The Balaban J connectivity index is 1.79. The summed E-state index contributed by atoms with van der Waals surface area (Å²) in [4.78, 5) is 37.5. The lowest BCUT2D eigenvalue weighted by molar-refractivity contribution is -0.151. The first-order valence-electron chi connectivity index (χ1n) is 8.49. The summed E-state index contributed by atoms with van der Waals surface area (Å²) in [5, 5.41) is 2.97. The molecule has 2 amide bonds. The van der Waals surface area contributed by atoms with Crippen LogP contribution in [0.2, 0.25) is 10.0 Å². The highest BCUT2D eigenvalue weighted by Gasteiger charge is 2.19. The Labute approximate surface area is 173 Å². The average molecular weight is 423 g/mol. The first-order valence-corrected chi connectivity index (χ1v) is 9.24. The van der Waals surface area contributed by atoms with Gasteiger partial charge in [0.15, 0.2) is 6.61 Å². The first kappa shape index (κ1) is 21.7. The van der Waals surface area contributed by atoms with Gasteiger partial charge in [0, 0.05) is 12.6 Å². The third-order valence-electron chi connectivity index (χ3n) is 4.19. The molecule has 1 N–H and O–H groups in total. The van der Waals surface area contributed by atoms with Crippen LogP contribution in [-0.4, -0.2) is 42.9 Å². The number of rotatable bonds is 7. The van der Waals surface area contributed by atoms with E-state index in [1.807, 2.05) is 37.3 Å². The van der Waals surface area contributed by atoms with E-state index in [1.54, 1.807) is 7.05 Å². The molecule has 0 fully saturated rings. The number of carbonyl (C=O) groups excluding carboxylic acids is 3. The van der Waals surface area contributed by atoms with Gasteiger partial charge in [0.1, 0.15) is 6.54 Å². The number of benzene rings is 2. The van der Waals surface area contributed by atoms with Crippen molar-refractivity contribution in [1.29, 1.82) is 0 Å². The van der Waals surface area contributed by atoms with Gasteiger partial charge in [0.05, 0.1) is 16.1 Å². The van der Waals surface area contributed by atoms with Gasteiger partial charge in [0.25, 0.3) is 11.8 Å². The first-order chi connectivity index (χ1) is 13.3. The molecular formula is C20H20Cl2N2O4. The van der Waals surface area contributed by atoms with Crippen LogP contribution in [0.3, 0.4) is 0 Å². The van der Waals surface area contributed by atoms with Crippen molar-refractivity contribution in [2.24, 2.45) is 0 Å². The smallest absolute Gasteiger partial charge is 0.325 e. The highest BCUT2D eigenvalue weighted by molar-refractivity contribution is 6.42. The maximum Gasteiger partial charge on any atom is 0.325 e. The number of hydrogen-bond donors (Lipinski definition) is 1. The Hall–Kier alpha value is -2.57. The number of amides is 2. The molecular weight excluding hydrogens is 403 g/mol. The van der Waals surface area contributed by atoms with Crippen LogP contribution in [-0.2, 0) is 14.3 Å². The molecule has 8 heteroatoms. The summed E-state index contributed by atoms with van der Waals surface area (Å²) < 4.78 is 4.95. The zero-order valence-electron chi connectivity index (χ0n) is 15.4. The van der Waals surface area contributed by atoms with Gasteiger partial charge in [0.2, 0.25) is 0 Å². The summed E-state index contributed by atoms with van der Waals surface area (Å²) in [6.45, 7) is 1.10. The lowest BCUT2D eigenvalue weighted by Crippen LogP contribution is -2.36. The molecule has 1 unspecified atom stereocenters. The number of carbonyl (C=O) groups is 3. The highest BCUT2D eigenvalue weighted by atomic mass is 35.5. The molecule has 2 rings (SSSR count). The minimum absolute atomic E-state index is 0.165. The zero-order valence-corrected chi connectivity index (χ0v) is 17.0. The van der Waals surface area contributed by atoms with E-state index in [-0.39, 0.29) is 29.1 Å². The minimum Gasteiger partial charge on any atom is -0.454 e. The van der Waals surface area contributed by atoms with E-state index in [1.165, 1.54) is 23.1 Å². The van der Waals surface area contributed by atoms with Crippen molar-refractivity contribution in [3.63, 3.8) is 0 Å². The predicted octanol–water partition coefficient (Wildman–Crippen LogP) is 3.49. The molecule has 0 aromatic heterocycles. The van der Waals surface area contributed by atoms with E-state index in [2.05, 4.69) is 5.32 Å². The van der Waals surface area contributed by atoms with E-state index in [4.69, 9.17) is 27.9 Å². The van der Waals surface area contributed by atoms with Crippen LogP contribution < -0.4 is 5.32 Å². The maximum atomic E-state index is 12.2. The standard InChI is InChI=1S/C20H20Cl2N2O4/c1-13(14-6-4-3-5-7-14)24(2)18(25)12-28-19(26)11-23-20(27)15-8-9-16(21)17(22)10-15/h3-10,13H,11-12H2,1-2H3,(H,23,27). The van der Waals surface area contributed by atoms with Crippen molar-refractivity contribution in [2.45, 2.75) is 13.0 Å². The summed E-state index contributed by atoms with van der Waals surface area (Å²) in [7, 11) is 1.64. The van der Waals surface area contributed by atoms with Crippen LogP contribution in [0, 0.1) is 0 Å². The number of esters is 1. The fourth-order valence-electron chi connectivity index (χ4n) is 2.36. The van der Waals surface area contributed by atoms with E-state index in [0.29, 0.717) is 5.02 Å². The molecule has 6 nitrogen and oxygen atoms in total. The van der Waals surface area contributed by atoms with Crippen molar-refractivity contribution >= 4 is 41.0 Å². The van der Waals surface area contributed by atoms with Gasteiger partial charge in [-0.3, -0.25) is 14.4 Å². The van der Waals surface area contributed by atoms with Gasteiger partial charge in [-0.25, -0.2) is 0 Å². The third kappa shape index (κ3) is 5.97. The molecule has 2 aromatic carbocycles. The number of nitrogens with zero attached hydrogens (tertiary/aromatic N) is 1. The molecule has 0 heterocycles. The molecule has 28 heavy (non-hydrogen) atoms. The second kappa shape index (κ2) is 10.1. The van der Waals surface area contributed by atoms with Crippen molar-refractivity contribution in [3.05, 3.63) is 69.7 Å². The van der Waals surface area contributed by atoms with Crippen molar-refractivity contribution in [2.75, 3.05) is 20.2 Å². The second-order valence-electron chi connectivity index (χ2n) is 6.06. The van der Waals surface area contributed by atoms with E-state index in [0.717, 1.165) is 5.56 Å². The van der Waals surface area contributed by atoms with Crippen LogP contribution in [0.25, 0.3) is 0 Å². The van der Waals surface area contributed by atoms with E-state index < -0.39 is 18.5 Å². The van der Waals surface area contributed by atoms with Crippen LogP contribution in [0.1, 0.15) is 28.9 Å². The van der Waals surface area contributed by atoms with Crippen LogP contribution in [0.15, 0.2) is 48.5 Å². The van der Waals surface area contributed by atoms with Gasteiger partial charge in [-0.15, -0.1) is 0 Å². The second-order valence-corrected chi connectivity index (χ2v) is 6.88. The van der Waals surface area contributed by atoms with E-state index in [9.17, 15) is 14.4 Å². The molecule has 0 spiro atoms. The molecule has 0 aliphatic rings. The molecule has 148 valence electrons. The number of halogens is 2. The summed E-state index contributed by atoms with van der Waals surface area (Å²) in [5.41, 5.74) is 1.23. The lowest BCUT2D eigenvalue weighted by atomic mass is 10.1. The maximum absolute atomic E-state index is 12.2. The largest absolute Gasteiger partial charge is 0.454 e. The summed E-state index contributed by atoms with van der Waals surface area (Å²) >= 11 is 11.7. The molecule has 0 bridgehead atoms. The van der Waals surface area contributed by atoms with Gasteiger partial charge in [-0.05, 0) is 30.7 Å². The van der Waals surface area contributed by atoms with Gasteiger partial charge >= 0.3 is 5.97 Å². The molecule has 0 saturated heterocycles. The molecule has 1 atom stereocenters. The fourth-order valence-corrected chi connectivity index (χ4v) is 2.66. The Bertz CT molecular complexity index is 859. The highest BCUT2D eigenvalue weighted by Crippen LogP contribution is 2.22. The average Bonchev–Trinajstić information content (AvgIpc) is 2.71. The number of hydrogen-bond acceptors (Lipinski definition) is 4. The minimum atomic E-state index is -0.720. The van der Waals surface area contributed by atoms with Gasteiger partial charge < -0.3 is 15.0 Å². The zero-order chi connectivity index (χ0) is 20.7. The molecule has 0 aliphatic heterocycles. The molecule has 2 aromatic rings. The van der Waals surface area contributed by atoms with Crippen molar-refractivity contribution < 1.29 is 19.1 Å². The summed E-state index contributed by atoms with van der Waals surface area (Å²) in [5.74, 6) is -1.57. The fraction of sp³-hybridized carbons (Fsp3) is 0.250. The van der Waals surface area contributed by atoms with Crippen LogP contribution >= 0.6 is 23.2 Å². The van der Waals surface area contributed by atoms with Gasteiger partial charge in [-0.1, -0.05) is 53.5 Å². The van der Waals surface area contributed by atoms with Crippen molar-refractivity contribution in [1.82, 2.24) is 10.2 Å². The summed E-state index contributed by atoms with van der Waals surface area (Å²) in [6.07, 6.45) is 0. The Morgan fingerprint density at radius 3 is 2.39 bits per heavy atom. The SMILES string of the molecule is CC(c1ccccc1)N(C)C(=O)COC(=O)CNC(=O)c1ccc(Cl)c(Cl)c1. The predicted molar refractivity (Wildman–Crippen MR) is 107 cm³/mol. The van der Waals surface area contributed by atoms with Crippen LogP contribution in [0.4, 0.5) is 0 Å². The molecule has 0 radical (unpaired) electrons. The molecule has 0 saturated carbocycles. The summed E-state index contributed by atoms with van der Waals surface area (Å²) in [6, 6.07) is 13.7. The Morgan fingerprint density at radius 1 is 1.07 bits per heavy atom. The quantitative estimate of drug-likeness (QED) is 0.692. The number of ether oxygens (including phenoxy) is 1. The number of likely N-dealkylation sites (N-methyl/N-ethyl adjacent to an activating group) is 1. The van der Waals surface area contributed by atoms with Crippen LogP contribution in [0.5, 0.6) is 0 Å². The van der Waals surface area contributed by atoms with Crippen molar-refractivity contribution in [3.8, 4) is 0 Å². The number of nitrogens with one attached hydrogen (secondary N) is 1.